The second-order valence-electron chi connectivity index (χ2n) is 5.83. The van der Waals surface area contributed by atoms with E-state index >= 15 is 0 Å². The fraction of sp³-hybridized carbons (Fsp3) is 0.167. The molecule has 25 heavy (non-hydrogen) atoms. The summed E-state index contributed by atoms with van der Waals surface area (Å²) in [5.41, 5.74) is 0.591. The van der Waals surface area contributed by atoms with Crippen molar-refractivity contribution in [3.63, 3.8) is 0 Å². The Balaban J connectivity index is 2.10. The topological polar surface area (TPSA) is 54.5 Å². The minimum atomic E-state index is -3.45. The molecule has 0 fully saturated rings. The number of carbonyl (C=O) groups excluding carboxylic acids is 1. The fourth-order valence-electron chi connectivity index (χ4n) is 2.71. The number of halogens is 2. The van der Waals surface area contributed by atoms with Crippen molar-refractivity contribution in [3.05, 3.63) is 76.7 Å². The summed E-state index contributed by atoms with van der Waals surface area (Å²) in [6, 6.07) is 9.02. The van der Waals surface area contributed by atoms with Crippen LogP contribution in [0.5, 0.6) is 0 Å². The van der Waals surface area contributed by atoms with Gasteiger partial charge in [-0.2, -0.15) is 0 Å². The second-order valence-corrected chi connectivity index (χ2v) is 7.76. The lowest BCUT2D eigenvalue weighted by Gasteiger charge is -2.28. The highest BCUT2D eigenvalue weighted by molar-refractivity contribution is 7.94. The van der Waals surface area contributed by atoms with Gasteiger partial charge in [0.2, 0.25) is 0 Å². The van der Waals surface area contributed by atoms with Crippen LogP contribution in [0.3, 0.4) is 0 Å². The van der Waals surface area contributed by atoms with Crippen LogP contribution in [-0.2, 0) is 9.84 Å². The average Bonchev–Trinajstić information content (AvgIpc) is 2.89. The summed E-state index contributed by atoms with van der Waals surface area (Å²) in [5.74, 6) is -3.24. The number of sulfone groups is 1. The normalized spacial score (nSPS) is 18.3. The van der Waals surface area contributed by atoms with Gasteiger partial charge < -0.3 is 4.90 Å². The van der Waals surface area contributed by atoms with Crippen molar-refractivity contribution in [2.75, 3.05) is 10.7 Å². The minimum Gasteiger partial charge on any atom is -0.300 e. The van der Waals surface area contributed by atoms with Gasteiger partial charge in [0.1, 0.15) is 17.2 Å². The van der Waals surface area contributed by atoms with E-state index in [-0.39, 0.29) is 5.75 Å². The number of hydrogen-bond acceptors (Lipinski definition) is 3. The monoisotopic (exact) mass is 363 g/mol. The molecule has 0 aliphatic carbocycles. The molecule has 0 bridgehead atoms. The van der Waals surface area contributed by atoms with Gasteiger partial charge in [-0.15, -0.1) is 0 Å². The van der Waals surface area contributed by atoms with Crippen LogP contribution in [0.1, 0.15) is 15.9 Å². The van der Waals surface area contributed by atoms with Gasteiger partial charge in [0, 0.05) is 11.1 Å². The summed E-state index contributed by atoms with van der Waals surface area (Å²) < 4.78 is 51.6. The van der Waals surface area contributed by atoms with E-state index in [2.05, 4.69) is 0 Å². The maximum absolute atomic E-state index is 14.1. The summed E-state index contributed by atoms with van der Waals surface area (Å²) >= 11 is 0. The van der Waals surface area contributed by atoms with Gasteiger partial charge in [-0.25, -0.2) is 17.2 Å². The summed E-state index contributed by atoms with van der Waals surface area (Å²) in [5, 5.41) is 1.02. The number of hydrogen-bond donors (Lipinski definition) is 0. The molecule has 0 aromatic heterocycles. The molecular weight excluding hydrogens is 348 g/mol. The van der Waals surface area contributed by atoms with Crippen LogP contribution >= 0.6 is 0 Å². The summed E-state index contributed by atoms with van der Waals surface area (Å²) in [6.45, 7) is 1.85. The largest absolute Gasteiger partial charge is 0.300 e. The molecule has 4 nitrogen and oxygen atoms in total. The van der Waals surface area contributed by atoms with Gasteiger partial charge in [-0.3, -0.25) is 4.79 Å². The summed E-state index contributed by atoms with van der Waals surface area (Å²) in [7, 11) is -3.45. The number of rotatable bonds is 3. The van der Waals surface area contributed by atoms with Crippen molar-refractivity contribution < 1.29 is 22.0 Å². The molecule has 0 saturated carbocycles. The number of benzene rings is 2. The number of amides is 1. The third-order valence-corrected chi connectivity index (χ3v) is 5.33. The van der Waals surface area contributed by atoms with Crippen molar-refractivity contribution in [2.24, 2.45) is 0 Å². The molecule has 7 heteroatoms. The van der Waals surface area contributed by atoms with Gasteiger partial charge in [0.05, 0.1) is 11.8 Å². The van der Waals surface area contributed by atoms with Crippen molar-refractivity contribution in [3.8, 4) is 0 Å². The number of anilines is 1. The highest BCUT2D eigenvalue weighted by Gasteiger charge is 2.34. The van der Waals surface area contributed by atoms with E-state index in [0.29, 0.717) is 5.69 Å². The molecule has 0 radical (unpaired) electrons. The molecule has 2 aromatic rings. The number of carbonyl (C=O) groups is 1. The molecule has 1 atom stereocenters. The van der Waals surface area contributed by atoms with Crippen LogP contribution in [-0.4, -0.2) is 26.1 Å². The molecule has 1 heterocycles. The fourth-order valence-corrected chi connectivity index (χ4v) is 3.98. The maximum Gasteiger partial charge on any atom is 0.264 e. The summed E-state index contributed by atoms with van der Waals surface area (Å²) in [4.78, 5) is 14.0. The molecule has 1 aliphatic rings. The average molecular weight is 363 g/mol. The van der Waals surface area contributed by atoms with Crippen molar-refractivity contribution in [2.45, 2.75) is 13.0 Å². The standard InChI is InChI=1S/C18H15F2NO3S/c1-12-5-7-13(8-6-12)21(14-9-10-25(23,24)11-14)18(22)17-15(19)3-2-4-16(17)20/h2-10,14H,11H2,1H3. The van der Waals surface area contributed by atoms with Gasteiger partial charge in [-0.1, -0.05) is 23.8 Å². The van der Waals surface area contributed by atoms with Crippen LogP contribution in [0.25, 0.3) is 0 Å². The zero-order valence-corrected chi connectivity index (χ0v) is 14.1. The predicted molar refractivity (Wildman–Crippen MR) is 91.1 cm³/mol. The lowest BCUT2D eigenvalue weighted by atomic mass is 10.1. The Kier molecular flexibility index (Phi) is 4.43. The molecule has 0 N–H and O–H groups in total. The third-order valence-electron chi connectivity index (χ3n) is 3.95. The van der Waals surface area contributed by atoms with E-state index in [0.717, 1.165) is 34.1 Å². The van der Waals surface area contributed by atoms with Crippen molar-refractivity contribution >= 4 is 21.4 Å². The smallest absolute Gasteiger partial charge is 0.264 e. The number of aryl methyl sites for hydroxylation is 1. The van der Waals surface area contributed by atoms with E-state index in [9.17, 15) is 22.0 Å². The van der Waals surface area contributed by atoms with Gasteiger partial charge in [0.25, 0.3) is 5.91 Å². The Morgan fingerprint density at radius 3 is 2.20 bits per heavy atom. The zero-order chi connectivity index (χ0) is 18.2. The third kappa shape index (κ3) is 3.46. The van der Waals surface area contributed by atoms with Crippen LogP contribution in [0, 0.1) is 18.6 Å². The Labute approximate surface area is 144 Å². The first-order valence-corrected chi connectivity index (χ1v) is 9.25. The predicted octanol–water partition coefficient (Wildman–Crippen LogP) is 3.23. The number of nitrogens with zero attached hydrogens (tertiary/aromatic N) is 1. The van der Waals surface area contributed by atoms with E-state index in [4.69, 9.17) is 0 Å². The lowest BCUT2D eigenvalue weighted by Crippen LogP contribution is -2.42. The highest BCUT2D eigenvalue weighted by atomic mass is 32.2. The molecular formula is C18H15F2NO3S. The van der Waals surface area contributed by atoms with Crippen LogP contribution in [0.2, 0.25) is 0 Å². The molecule has 0 spiro atoms. The molecule has 1 amide bonds. The Bertz CT molecular complexity index is 933. The van der Waals surface area contributed by atoms with Crippen LogP contribution < -0.4 is 4.90 Å². The van der Waals surface area contributed by atoms with Crippen LogP contribution in [0.15, 0.2) is 53.9 Å². The molecule has 2 aromatic carbocycles. The first-order valence-electron chi connectivity index (χ1n) is 7.54. The second kappa shape index (κ2) is 6.40. The first kappa shape index (κ1) is 17.3. The summed E-state index contributed by atoms with van der Waals surface area (Å²) in [6.07, 6.45) is 1.35. The van der Waals surface area contributed by atoms with Crippen molar-refractivity contribution in [1.82, 2.24) is 0 Å². The maximum atomic E-state index is 14.1. The minimum absolute atomic E-state index is 0.331. The molecule has 130 valence electrons. The van der Waals surface area contributed by atoms with E-state index in [1.807, 2.05) is 6.92 Å². The molecule has 1 aliphatic heterocycles. The van der Waals surface area contributed by atoms with Gasteiger partial charge >= 0.3 is 0 Å². The van der Waals surface area contributed by atoms with E-state index in [1.165, 1.54) is 6.08 Å². The van der Waals surface area contributed by atoms with Crippen LogP contribution in [0.4, 0.5) is 14.5 Å². The first-order chi connectivity index (χ1) is 11.8. The Morgan fingerprint density at radius 1 is 1.08 bits per heavy atom. The molecule has 1 unspecified atom stereocenters. The molecule has 3 rings (SSSR count). The molecule has 0 saturated heterocycles. The zero-order valence-electron chi connectivity index (χ0n) is 13.3. The lowest BCUT2D eigenvalue weighted by molar-refractivity contribution is 0.0975. The Hall–Kier alpha value is -2.54. The Morgan fingerprint density at radius 2 is 1.68 bits per heavy atom. The highest BCUT2D eigenvalue weighted by Crippen LogP contribution is 2.27. The van der Waals surface area contributed by atoms with E-state index < -0.39 is 39.0 Å². The van der Waals surface area contributed by atoms with Crippen molar-refractivity contribution in [1.29, 1.82) is 0 Å². The van der Waals surface area contributed by atoms with E-state index in [1.54, 1.807) is 24.3 Å². The quantitative estimate of drug-likeness (QED) is 0.841. The SMILES string of the molecule is Cc1ccc(N(C(=O)c2c(F)cccc2F)C2C=CS(=O)(=O)C2)cc1. The van der Waals surface area contributed by atoms with Gasteiger partial charge in [0.15, 0.2) is 9.84 Å². The van der Waals surface area contributed by atoms with Gasteiger partial charge in [-0.05, 0) is 37.3 Å².